The van der Waals surface area contributed by atoms with E-state index in [9.17, 15) is 5.26 Å². The quantitative estimate of drug-likeness (QED) is 0.779. The lowest BCUT2D eigenvalue weighted by molar-refractivity contribution is 0.170. The van der Waals surface area contributed by atoms with Gasteiger partial charge in [-0.2, -0.15) is 5.26 Å². The molecule has 0 aliphatic carbocycles. The Bertz CT molecular complexity index is 483. The van der Waals surface area contributed by atoms with Crippen molar-refractivity contribution in [2.24, 2.45) is 0 Å². The first-order chi connectivity index (χ1) is 9.06. The van der Waals surface area contributed by atoms with Gasteiger partial charge in [-0.15, -0.1) is 11.6 Å². The van der Waals surface area contributed by atoms with Crippen molar-refractivity contribution in [1.82, 2.24) is 4.90 Å². The van der Waals surface area contributed by atoms with Gasteiger partial charge in [-0.1, -0.05) is 6.07 Å². The number of benzene rings is 1. The molecule has 19 heavy (non-hydrogen) atoms. The van der Waals surface area contributed by atoms with Crippen LogP contribution in [0.2, 0.25) is 0 Å². The maximum Gasteiger partial charge on any atom is 0.101 e. The zero-order chi connectivity index (χ0) is 14.0. The van der Waals surface area contributed by atoms with Crippen LogP contribution in [-0.2, 0) is 5.88 Å². The lowest BCUT2D eigenvalue weighted by atomic mass is 10.0. The number of nitriles is 1. The molecule has 1 saturated heterocycles. The number of likely N-dealkylation sites (N-methyl/N-ethyl adjacent to an activating group) is 1. The molecule has 0 amide bonds. The van der Waals surface area contributed by atoms with Gasteiger partial charge in [0.15, 0.2) is 0 Å². The Morgan fingerprint density at radius 3 is 2.47 bits per heavy atom. The molecule has 1 aromatic rings. The first-order valence-corrected chi connectivity index (χ1v) is 7.16. The largest absolute Gasteiger partial charge is 0.367 e. The fourth-order valence-electron chi connectivity index (χ4n) is 2.63. The molecular formula is C15H20ClN3. The monoisotopic (exact) mass is 277 g/mol. The average molecular weight is 278 g/mol. The summed E-state index contributed by atoms with van der Waals surface area (Å²) in [5.74, 6) is 0.449. The molecule has 1 aromatic carbocycles. The van der Waals surface area contributed by atoms with Gasteiger partial charge < -0.3 is 4.90 Å². The Labute approximate surface area is 120 Å². The highest BCUT2D eigenvalue weighted by molar-refractivity contribution is 6.17. The zero-order valence-electron chi connectivity index (χ0n) is 11.7. The molecule has 0 aromatic heterocycles. The molecule has 2 rings (SSSR count). The smallest absolute Gasteiger partial charge is 0.101 e. The highest BCUT2D eigenvalue weighted by Crippen LogP contribution is 2.26. The van der Waals surface area contributed by atoms with Gasteiger partial charge in [-0.25, -0.2) is 0 Å². The van der Waals surface area contributed by atoms with Crippen LogP contribution in [0.25, 0.3) is 0 Å². The molecule has 3 nitrogen and oxygen atoms in total. The van der Waals surface area contributed by atoms with Crippen molar-refractivity contribution in [3.05, 3.63) is 29.3 Å². The van der Waals surface area contributed by atoms with E-state index in [1.807, 2.05) is 18.2 Å². The third kappa shape index (κ3) is 2.86. The Hall–Kier alpha value is -1.24. The molecule has 2 atom stereocenters. The molecule has 0 radical (unpaired) electrons. The van der Waals surface area contributed by atoms with Gasteiger partial charge in [0, 0.05) is 31.1 Å². The maximum atomic E-state index is 9.32. The van der Waals surface area contributed by atoms with Crippen molar-refractivity contribution < 1.29 is 0 Å². The van der Waals surface area contributed by atoms with E-state index in [1.165, 1.54) is 0 Å². The molecular weight excluding hydrogens is 258 g/mol. The summed E-state index contributed by atoms with van der Waals surface area (Å²) in [5, 5.41) is 9.32. The summed E-state index contributed by atoms with van der Waals surface area (Å²) in [7, 11) is 2.16. The fraction of sp³-hybridized carbons (Fsp3) is 0.533. The van der Waals surface area contributed by atoms with E-state index in [1.54, 1.807) is 0 Å². The third-order valence-electron chi connectivity index (χ3n) is 4.04. The molecule has 0 N–H and O–H groups in total. The number of piperazine rings is 1. The number of nitrogens with zero attached hydrogens (tertiary/aromatic N) is 3. The first-order valence-electron chi connectivity index (χ1n) is 6.62. The predicted octanol–water partition coefficient (Wildman–Crippen LogP) is 2.83. The number of rotatable bonds is 2. The Morgan fingerprint density at radius 1 is 1.32 bits per heavy atom. The Morgan fingerprint density at radius 2 is 1.95 bits per heavy atom. The van der Waals surface area contributed by atoms with E-state index >= 15 is 0 Å². The minimum Gasteiger partial charge on any atom is -0.367 e. The van der Waals surface area contributed by atoms with Crippen LogP contribution in [0, 0.1) is 11.3 Å². The molecule has 4 heteroatoms. The molecule has 0 bridgehead atoms. The summed E-state index contributed by atoms with van der Waals surface area (Å²) in [6, 6.07) is 9.21. The molecule has 1 heterocycles. The second-order valence-corrected chi connectivity index (χ2v) is 5.63. The minimum atomic E-state index is 0.449. The van der Waals surface area contributed by atoms with E-state index in [-0.39, 0.29) is 0 Å². The van der Waals surface area contributed by atoms with Crippen LogP contribution in [0.4, 0.5) is 5.69 Å². The van der Waals surface area contributed by atoms with Crippen molar-refractivity contribution >= 4 is 17.3 Å². The summed E-state index contributed by atoms with van der Waals surface area (Å²) in [6.45, 7) is 6.36. The minimum absolute atomic E-state index is 0.449. The molecule has 102 valence electrons. The van der Waals surface area contributed by atoms with E-state index in [0.717, 1.165) is 29.9 Å². The summed E-state index contributed by atoms with van der Waals surface area (Å²) in [5.41, 5.74) is 2.75. The maximum absolute atomic E-state index is 9.32. The van der Waals surface area contributed by atoms with Crippen LogP contribution in [-0.4, -0.2) is 37.1 Å². The van der Waals surface area contributed by atoms with Crippen molar-refractivity contribution in [2.75, 3.05) is 25.0 Å². The van der Waals surface area contributed by atoms with Crippen molar-refractivity contribution in [3.8, 4) is 6.07 Å². The number of hydrogen-bond acceptors (Lipinski definition) is 3. The van der Waals surface area contributed by atoms with Gasteiger partial charge in [0.2, 0.25) is 0 Å². The zero-order valence-corrected chi connectivity index (χ0v) is 12.5. The van der Waals surface area contributed by atoms with Gasteiger partial charge in [0.25, 0.3) is 0 Å². The van der Waals surface area contributed by atoms with E-state index < -0.39 is 0 Å². The van der Waals surface area contributed by atoms with Crippen molar-refractivity contribution in [1.29, 1.82) is 5.26 Å². The number of halogens is 1. The lowest BCUT2D eigenvalue weighted by Crippen LogP contribution is -2.55. The molecule has 0 spiro atoms. The number of anilines is 1. The summed E-state index contributed by atoms with van der Waals surface area (Å²) >= 11 is 5.83. The van der Waals surface area contributed by atoms with Crippen molar-refractivity contribution in [2.45, 2.75) is 31.8 Å². The van der Waals surface area contributed by atoms with Gasteiger partial charge >= 0.3 is 0 Å². The van der Waals surface area contributed by atoms with Gasteiger partial charge in [0.05, 0.1) is 11.3 Å². The van der Waals surface area contributed by atoms with Crippen LogP contribution in [0.1, 0.15) is 25.0 Å². The van der Waals surface area contributed by atoms with Gasteiger partial charge in [-0.05, 0) is 38.6 Å². The van der Waals surface area contributed by atoms with Crippen LogP contribution >= 0.6 is 11.6 Å². The molecule has 1 fully saturated rings. The van der Waals surface area contributed by atoms with Crippen LogP contribution in [0.5, 0.6) is 0 Å². The SMILES string of the molecule is CC1CN(c2ccc(CCl)cc2C#N)CC(C)N1C. The molecule has 1 aliphatic heterocycles. The van der Waals surface area contributed by atoms with E-state index in [2.05, 4.69) is 36.8 Å². The Kier molecular flexibility index (Phi) is 4.34. The Balaban J connectivity index is 2.30. The van der Waals surface area contributed by atoms with Gasteiger partial charge in [0.1, 0.15) is 6.07 Å². The standard InChI is InChI=1S/C15H20ClN3/c1-11-9-19(10-12(2)18(11)3)15-5-4-13(7-16)6-14(15)8-17/h4-6,11-12H,7,9-10H2,1-3H3. The second kappa shape index (κ2) is 5.81. The number of alkyl halides is 1. The van der Waals surface area contributed by atoms with E-state index in [0.29, 0.717) is 18.0 Å². The molecule has 0 saturated carbocycles. The third-order valence-corrected chi connectivity index (χ3v) is 4.34. The average Bonchev–Trinajstić information content (AvgIpc) is 2.43. The van der Waals surface area contributed by atoms with Crippen LogP contribution < -0.4 is 4.90 Å². The molecule has 1 aliphatic rings. The van der Waals surface area contributed by atoms with Crippen LogP contribution in [0.3, 0.4) is 0 Å². The highest BCUT2D eigenvalue weighted by atomic mass is 35.5. The normalized spacial score (nSPS) is 24.3. The van der Waals surface area contributed by atoms with Gasteiger partial charge in [-0.3, -0.25) is 4.90 Å². The summed E-state index contributed by atoms with van der Waals surface area (Å²) < 4.78 is 0. The van der Waals surface area contributed by atoms with E-state index in [4.69, 9.17) is 11.6 Å². The summed E-state index contributed by atoms with van der Waals surface area (Å²) in [4.78, 5) is 4.70. The highest BCUT2D eigenvalue weighted by Gasteiger charge is 2.27. The number of hydrogen-bond donors (Lipinski definition) is 0. The first kappa shape index (κ1) is 14.2. The fourth-order valence-corrected chi connectivity index (χ4v) is 2.80. The summed E-state index contributed by atoms with van der Waals surface area (Å²) in [6.07, 6.45) is 0. The second-order valence-electron chi connectivity index (χ2n) is 5.37. The lowest BCUT2D eigenvalue weighted by Gasteiger charge is -2.43. The topological polar surface area (TPSA) is 30.3 Å². The molecule has 2 unspecified atom stereocenters. The van der Waals surface area contributed by atoms with Crippen LogP contribution in [0.15, 0.2) is 18.2 Å². The van der Waals surface area contributed by atoms with Crippen molar-refractivity contribution in [3.63, 3.8) is 0 Å². The predicted molar refractivity (Wildman–Crippen MR) is 79.6 cm³/mol.